The second-order valence-electron chi connectivity index (χ2n) is 8.38. The van der Waals surface area contributed by atoms with Gasteiger partial charge in [0.25, 0.3) is 0 Å². The molecule has 0 saturated carbocycles. The van der Waals surface area contributed by atoms with E-state index < -0.39 is 0 Å². The Morgan fingerprint density at radius 2 is 1.72 bits per heavy atom. The molecule has 0 aromatic heterocycles. The fourth-order valence-corrected chi connectivity index (χ4v) is 4.00. The van der Waals surface area contributed by atoms with Crippen LogP contribution in [-0.2, 0) is 15.6 Å². The molecular formula is C22H28ClNO. The van der Waals surface area contributed by atoms with E-state index in [4.69, 9.17) is 21.3 Å². The van der Waals surface area contributed by atoms with E-state index in [1.54, 1.807) is 7.11 Å². The van der Waals surface area contributed by atoms with Crippen LogP contribution in [0.3, 0.4) is 0 Å². The lowest BCUT2D eigenvalue weighted by atomic mass is 9.63. The summed E-state index contributed by atoms with van der Waals surface area (Å²) in [5.41, 5.74) is 4.99. The Bertz CT molecular complexity index is 755. The summed E-state index contributed by atoms with van der Waals surface area (Å²) in [5, 5.41) is 0. The topological polar surface area (TPSA) is 21.6 Å². The van der Waals surface area contributed by atoms with Crippen molar-refractivity contribution in [2.45, 2.75) is 63.3 Å². The zero-order valence-electron chi connectivity index (χ0n) is 15.9. The first kappa shape index (κ1) is 18.3. The first-order valence-electron chi connectivity index (χ1n) is 9.01. The van der Waals surface area contributed by atoms with Gasteiger partial charge in [0.1, 0.15) is 11.3 Å². The van der Waals surface area contributed by atoms with Gasteiger partial charge in [0, 0.05) is 12.1 Å². The van der Waals surface area contributed by atoms with Crippen LogP contribution in [0.2, 0.25) is 0 Å². The maximum absolute atomic E-state index is 6.64. The van der Waals surface area contributed by atoms with Gasteiger partial charge in [-0.15, -0.1) is 0 Å². The normalized spacial score (nSPS) is 23.8. The van der Waals surface area contributed by atoms with Crippen LogP contribution in [0.1, 0.15) is 69.1 Å². The van der Waals surface area contributed by atoms with E-state index >= 15 is 0 Å². The van der Waals surface area contributed by atoms with Gasteiger partial charge in [-0.05, 0) is 58.6 Å². The highest BCUT2D eigenvalue weighted by molar-refractivity contribution is 6.21. The third-order valence-corrected chi connectivity index (χ3v) is 5.97. The van der Waals surface area contributed by atoms with Gasteiger partial charge in [0.15, 0.2) is 0 Å². The Kier molecular flexibility index (Phi) is 4.85. The number of rotatable bonds is 3. The number of benzene rings is 1. The Balaban J connectivity index is 1.89. The van der Waals surface area contributed by atoms with Gasteiger partial charge in [-0.1, -0.05) is 57.5 Å². The van der Waals surface area contributed by atoms with Crippen molar-refractivity contribution in [3.05, 3.63) is 58.9 Å². The van der Waals surface area contributed by atoms with Gasteiger partial charge in [-0.2, -0.15) is 0 Å². The molecule has 2 nitrogen and oxygen atoms in total. The average molecular weight is 358 g/mol. The molecule has 0 aliphatic heterocycles. The molecule has 0 radical (unpaired) electrons. The van der Waals surface area contributed by atoms with Crippen LogP contribution in [-0.4, -0.2) is 12.8 Å². The van der Waals surface area contributed by atoms with E-state index in [0.717, 1.165) is 23.5 Å². The lowest BCUT2D eigenvalue weighted by Crippen LogP contribution is -2.33. The van der Waals surface area contributed by atoms with Crippen LogP contribution >= 0.6 is 11.6 Å². The van der Waals surface area contributed by atoms with Crippen LogP contribution < -0.4 is 0 Å². The number of ether oxygens (including phenoxy) is 1. The second kappa shape index (κ2) is 6.64. The van der Waals surface area contributed by atoms with Crippen LogP contribution in [0.25, 0.3) is 0 Å². The maximum Gasteiger partial charge on any atom is 0.149 e. The fourth-order valence-electron chi connectivity index (χ4n) is 3.74. The number of hydrogen-bond donors (Lipinski definition) is 0. The predicted octanol–water partition coefficient (Wildman–Crippen LogP) is 6.20. The number of methoxy groups -OCH3 is 1. The summed E-state index contributed by atoms with van der Waals surface area (Å²) >= 11 is 6.64. The Morgan fingerprint density at radius 1 is 1.04 bits per heavy atom. The quantitative estimate of drug-likeness (QED) is 0.466. The van der Waals surface area contributed by atoms with Crippen molar-refractivity contribution in [2.75, 3.05) is 7.11 Å². The third kappa shape index (κ3) is 3.69. The van der Waals surface area contributed by atoms with E-state index in [1.165, 1.54) is 24.0 Å². The molecule has 2 aliphatic rings. The largest absolute Gasteiger partial charge is 0.497 e. The van der Waals surface area contributed by atoms with Gasteiger partial charge in [-0.25, -0.2) is 0 Å². The molecule has 1 atom stereocenters. The highest BCUT2D eigenvalue weighted by Gasteiger charge is 2.37. The summed E-state index contributed by atoms with van der Waals surface area (Å²) in [6.45, 7) is 9.35. The van der Waals surface area contributed by atoms with Crippen molar-refractivity contribution in [1.29, 1.82) is 0 Å². The summed E-state index contributed by atoms with van der Waals surface area (Å²) in [6, 6.07) is 6.69. The molecule has 1 aromatic carbocycles. The monoisotopic (exact) mass is 357 g/mol. The fraction of sp³-hybridized carbons (Fsp3) is 0.500. The van der Waals surface area contributed by atoms with Crippen LogP contribution in [0.5, 0.6) is 0 Å². The van der Waals surface area contributed by atoms with Gasteiger partial charge in [0.2, 0.25) is 0 Å². The number of allylic oxidation sites excluding steroid dienone is 3. The molecule has 134 valence electrons. The van der Waals surface area contributed by atoms with Gasteiger partial charge >= 0.3 is 0 Å². The minimum Gasteiger partial charge on any atom is -0.497 e. The van der Waals surface area contributed by atoms with E-state index in [1.807, 2.05) is 18.2 Å². The van der Waals surface area contributed by atoms with E-state index in [9.17, 15) is 0 Å². The molecule has 0 heterocycles. The van der Waals surface area contributed by atoms with E-state index in [2.05, 4.69) is 45.9 Å². The summed E-state index contributed by atoms with van der Waals surface area (Å²) in [5.74, 6) is 0.878. The molecule has 0 amide bonds. The SMILES string of the molecule is COC1=CCC(=NC(Cl)c2ccc3c(c2)C(C)(C)CCC3(C)C)C=C1. The van der Waals surface area contributed by atoms with Crippen molar-refractivity contribution < 1.29 is 4.74 Å². The molecule has 2 aliphatic carbocycles. The second-order valence-corrected chi connectivity index (χ2v) is 8.79. The summed E-state index contributed by atoms with van der Waals surface area (Å²) < 4.78 is 5.22. The molecule has 3 rings (SSSR count). The summed E-state index contributed by atoms with van der Waals surface area (Å²) in [7, 11) is 1.68. The first-order chi connectivity index (χ1) is 11.7. The minimum atomic E-state index is -0.358. The first-order valence-corrected chi connectivity index (χ1v) is 9.44. The standard InChI is InChI=1S/C22H28ClNO/c1-21(2)12-13-22(3,4)19-14-15(6-11-18(19)21)20(23)24-16-7-9-17(25-5)10-8-16/h6-7,9-11,14,20H,8,12-13H2,1-5H3. The van der Waals surface area contributed by atoms with E-state index in [0.29, 0.717) is 0 Å². The number of hydrogen-bond acceptors (Lipinski definition) is 2. The van der Waals surface area contributed by atoms with Crippen molar-refractivity contribution in [1.82, 2.24) is 0 Å². The van der Waals surface area contributed by atoms with Crippen molar-refractivity contribution >= 4 is 17.3 Å². The smallest absolute Gasteiger partial charge is 0.149 e. The lowest BCUT2D eigenvalue weighted by Gasteiger charge is -2.42. The molecule has 0 N–H and O–H groups in total. The summed E-state index contributed by atoms with van der Waals surface area (Å²) in [6.07, 6.45) is 9.13. The Hall–Kier alpha value is -1.54. The molecule has 25 heavy (non-hydrogen) atoms. The Labute approximate surface area is 156 Å². The third-order valence-electron chi connectivity index (χ3n) is 5.62. The van der Waals surface area contributed by atoms with Gasteiger partial charge in [-0.3, -0.25) is 4.99 Å². The number of aliphatic imine (C=N–C) groups is 1. The van der Waals surface area contributed by atoms with E-state index in [-0.39, 0.29) is 16.3 Å². The lowest BCUT2D eigenvalue weighted by molar-refractivity contribution is 0.305. The molecule has 0 saturated heterocycles. The predicted molar refractivity (Wildman–Crippen MR) is 107 cm³/mol. The zero-order valence-corrected chi connectivity index (χ0v) is 16.7. The molecule has 0 fully saturated rings. The van der Waals surface area contributed by atoms with Gasteiger partial charge in [0.05, 0.1) is 7.11 Å². The minimum absolute atomic E-state index is 0.186. The molecule has 3 heteroatoms. The van der Waals surface area contributed by atoms with Crippen molar-refractivity contribution in [2.24, 2.45) is 4.99 Å². The highest BCUT2D eigenvalue weighted by atomic mass is 35.5. The number of fused-ring (bicyclic) bond motifs is 1. The molecule has 1 aromatic rings. The van der Waals surface area contributed by atoms with Crippen LogP contribution in [0.15, 0.2) is 47.2 Å². The molecular weight excluding hydrogens is 330 g/mol. The number of alkyl halides is 1. The molecule has 1 unspecified atom stereocenters. The Morgan fingerprint density at radius 3 is 2.32 bits per heavy atom. The average Bonchev–Trinajstić information content (AvgIpc) is 2.59. The number of nitrogens with zero attached hydrogens (tertiary/aromatic N) is 1. The van der Waals surface area contributed by atoms with Crippen molar-refractivity contribution in [3.8, 4) is 0 Å². The van der Waals surface area contributed by atoms with Crippen LogP contribution in [0, 0.1) is 0 Å². The van der Waals surface area contributed by atoms with Gasteiger partial charge < -0.3 is 4.74 Å². The number of halogens is 1. The summed E-state index contributed by atoms with van der Waals surface area (Å²) in [4.78, 5) is 4.70. The zero-order chi connectivity index (χ0) is 18.2. The highest BCUT2D eigenvalue weighted by Crippen LogP contribution is 2.46. The molecule has 0 bridgehead atoms. The van der Waals surface area contributed by atoms with Crippen molar-refractivity contribution in [3.63, 3.8) is 0 Å². The molecule has 0 spiro atoms. The van der Waals surface area contributed by atoms with Crippen LogP contribution in [0.4, 0.5) is 0 Å². The maximum atomic E-state index is 6.64.